The predicted octanol–water partition coefficient (Wildman–Crippen LogP) is -0.712. The highest BCUT2D eigenvalue weighted by Crippen LogP contribution is 2.14. The molecule has 0 bridgehead atoms. The Balaban J connectivity index is 2.21. The average Bonchev–Trinajstić information content (AvgIpc) is 2.57. The van der Waals surface area contributed by atoms with E-state index in [1.54, 1.807) is 18.2 Å². The standard InChI is InChI=1S/C10H11N5O3/c1-14-8(16)9(17)15(10(14)18)5-6-3-2-4-7(12-6)13-11/h2-4H,5,11H2,1H3,(H,12,13). The van der Waals surface area contributed by atoms with Crippen LogP contribution in [-0.2, 0) is 16.1 Å². The van der Waals surface area contributed by atoms with Crippen LogP contribution in [0.15, 0.2) is 18.2 Å². The molecule has 0 unspecified atom stereocenters. The van der Waals surface area contributed by atoms with Crippen molar-refractivity contribution >= 4 is 23.7 Å². The van der Waals surface area contributed by atoms with Crippen molar-refractivity contribution in [2.45, 2.75) is 6.54 Å². The number of pyridine rings is 1. The van der Waals surface area contributed by atoms with Crippen LogP contribution in [0.25, 0.3) is 0 Å². The van der Waals surface area contributed by atoms with Crippen molar-refractivity contribution in [2.75, 3.05) is 12.5 Å². The van der Waals surface area contributed by atoms with Crippen molar-refractivity contribution in [2.24, 2.45) is 5.84 Å². The number of aromatic nitrogens is 1. The Morgan fingerprint density at radius 2 is 2.00 bits per heavy atom. The number of likely N-dealkylation sites (N-methyl/N-ethyl adjacent to an activating group) is 1. The number of amides is 4. The molecular weight excluding hydrogens is 238 g/mol. The number of hydrazine groups is 1. The van der Waals surface area contributed by atoms with Crippen LogP contribution in [-0.4, -0.2) is 39.7 Å². The second-order valence-electron chi connectivity index (χ2n) is 3.70. The van der Waals surface area contributed by atoms with Gasteiger partial charge in [0.2, 0.25) is 0 Å². The number of carbonyl (C=O) groups excluding carboxylic acids is 3. The van der Waals surface area contributed by atoms with Crippen molar-refractivity contribution in [3.8, 4) is 0 Å². The van der Waals surface area contributed by atoms with E-state index < -0.39 is 17.8 Å². The minimum atomic E-state index is -0.851. The highest BCUT2D eigenvalue weighted by molar-refractivity contribution is 6.44. The number of nitrogens with zero attached hydrogens (tertiary/aromatic N) is 3. The molecule has 1 aromatic heterocycles. The lowest BCUT2D eigenvalue weighted by atomic mass is 10.3. The smallest absolute Gasteiger partial charge is 0.308 e. The van der Waals surface area contributed by atoms with Gasteiger partial charge < -0.3 is 5.43 Å². The van der Waals surface area contributed by atoms with Crippen molar-refractivity contribution in [3.63, 3.8) is 0 Å². The number of anilines is 1. The Bertz CT molecular complexity index is 530. The lowest BCUT2D eigenvalue weighted by molar-refractivity contribution is -0.143. The molecule has 0 aliphatic carbocycles. The van der Waals surface area contributed by atoms with E-state index in [-0.39, 0.29) is 6.54 Å². The highest BCUT2D eigenvalue weighted by atomic mass is 16.2. The van der Waals surface area contributed by atoms with Crippen molar-refractivity contribution in [3.05, 3.63) is 23.9 Å². The number of hydrogen-bond donors (Lipinski definition) is 2. The zero-order valence-corrected chi connectivity index (χ0v) is 9.58. The van der Waals surface area contributed by atoms with Gasteiger partial charge in [0, 0.05) is 7.05 Å². The van der Waals surface area contributed by atoms with Gasteiger partial charge in [-0.25, -0.2) is 20.5 Å². The van der Waals surface area contributed by atoms with Crippen LogP contribution in [0, 0.1) is 0 Å². The molecule has 18 heavy (non-hydrogen) atoms. The van der Waals surface area contributed by atoms with Gasteiger partial charge >= 0.3 is 17.8 Å². The molecule has 0 saturated carbocycles. The normalized spacial score (nSPS) is 15.6. The van der Waals surface area contributed by atoms with E-state index in [0.717, 1.165) is 9.80 Å². The number of nitrogens with one attached hydrogen (secondary N) is 1. The Morgan fingerprint density at radius 1 is 1.28 bits per heavy atom. The van der Waals surface area contributed by atoms with Gasteiger partial charge in [-0.3, -0.25) is 14.5 Å². The summed E-state index contributed by atoms with van der Waals surface area (Å²) in [6, 6.07) is 4.28. The maximum absolute atomic E-state index is 11.6. The number of hydrogen-bond acceptors (Lipinski definition) is 6. The monoisotopic (exact) mass is 249 g/mol. The first-order valence-corrected chi connectivity index (χ1v) is 5.10. The molecule has 0 spiro atoms. The summed E-state index contributed by atoms with van der Waals surface area (Å²) in [4.78, 5) is 40.1. The van der Waals surface area contributed by atoms with Gasteiger partial charge in [0.05, 0.1) is 12.2 Å². The zero-order valence-electron chi connectivity index (χ0n) is 9.58. The van der Waals surface area contributed by atoms with E-state index in [0.29, 0.717) is 11.5 Å². The lowest BCUT2D eigenvalue weighted by Gasteiger charge is -2.12. The Hall–Kier alpha value is -2.48. The van der Waals surface area contributed by atoms with Gasteiger partial charge in [0.25, 0.3) is 0 Å². The first-order chi connectivity index (χ1) is 8.54. The van der Waals surface area contributed by atoms with Gasteiger partial charge in [0.15, 0.2) is 0 Å². The third-order valence-electron chi connectivity index (χ3n) is 2.53. The fourth-order valence-electron chi connectivity index (χ4n) is 1.56. The molecule has 0 aromatic carbocycles. The minimum Gasteiger partial charge on any atom is -0.308 e. The summed E-state index contributed by atoms with van der Waals surface area (Å²) in [5.41, 5.74) is 2.81. The maximum Gasteiger partial charge on any atom is 0.334 e. The summed E-state index contributed by atoms with van der Waals surface area (Å²) in [6.07, 6.45) is 0. The molecular formula is C10H11N5O3. The summed E-state index contributed by atoms with van der Waals surface area (Å²) in [5, 5.41) is 0. The molecule has 8 nitrogen and oxygen atoms in total. The Labute approximate surface area is 102 Å². The quantitative estimate of drug-likeness (QED) is 0.317. The first-order valence-electron chi connectivity index (χ1n) is 5.10. The van der Waals surface area contributed by atoms with E-state index in [1.807, 2.05) is 0 Å². The largest absolute Gasteiger partial charge is 0.334 e. The van der Waals surface area contributed by atoms with Crippen LogP contribution >= 0.6 is 0 Å². The topological polar surface area (TPSA) is 109 Å². The number of nitrogens with two attached hydrogens (primary N) is 1. The van der Waals surface area contributed by atoms with Gasteiger partial charge in [-0.15, -0.1) is 0 Å². The van der Waals surface area contributed by atoms with E-state index in [9.17, 15) is 14.4 Å². The van der Waals surface area contributed by atoms with E-state index in [4.69, 9.17) is 5.84 Å². The van der Waals surface area contributed by atoms with Gasteiger partial charge in [-0.1, -0.05) is 6.07 Å². The zero-order chi connectivity index (χ0) is 13.3. The summed E-state index contributed by atoms with van der Waals surface area (Å²) in [6.45, 7) is -0.0662. The van der Waals surface area contributed by atoms with Gasteiger partial charge in [0.1, 0.15) is 5.82 Å². The lowest BCUT2D eigenvalue weighted by Crippen LogP contribution is -2.31. The summed E-state index contributed by atoms with van der Waals surface area (Å²) >= 11 is 0. The number of rotatable bonds is 3. The van der Waals surface area contributed by atoms with Crippen LogP contribution in [0.4, 0.5) is 10.6 Å². The predicted molar refractivity (Wildman–Crippen MR) is 60.8 cm³/mol. The fraction of sp³-hybridized carbons (Fsp3) is 0.200. The summed E-state index contributed by atoms with van der Waals surface area (Å²) in [5.74, 6) is 3.92. The third-order valence-corrected chi connectivity index (χ3v) is 2.53. The highest BCUT2D eigenvalue weighted by Gasteiger charge is 2.42. The van der Waals surface area contributed by atoms with Crippen molar-refractivity contribution < 1.29 is 14.4 Å². The molecule has 8 heteroatoms. The minimum absolute atomic E-state index is 0.0662. The molecule has 1 aliphatic rings. The van der Waals surface area contributed by atoms with Crippen LogP contribution in [0.1, 0.15) is 5.69 Å². The van der Waals surface area contributed by atoms with Crippen molar-refractivity contribution in [1.29, 1.82) is 0 Å². The molecule has 1 aliphatic heterocycles. The number of urea groups is 1. The van der Waals surface area contributed by atoms with E-state index in [2.05, 4.69) is 10.4 Å². The molecule has 2 heterocycles. The molecule has 0 atom stereocenters. The van der Waals surface area contributed by atoms with Gasteiger partial charge in [-0.05, 0) is 12.1 Å². The molecule has 4 amide bonds. The third kappa shape index (κ3) is 1.89. The summed E-state index contributed by atoms with van der Waals surface area (Å²) < 4.78 is 0. The first kappa shape index (κ1) is 12.0. The molecule has 94 valence electrons. The SMILES string of the molecule is CN1C(=O)C(=O)N(Cc2cccc(NN)n2)C1=O. The Morgan fingerprint density at radius 3 is 2.56 bits per heavy atom. The molecule has 1 aromatic rings. The van der Waals surface area contributed by atoms with Gasteiger partial charge in [-0.2, -0.15) is 0 Å². The van der Waals surface area contributed by atoms with E-state index >= 15 is 0 Å². The Kier molecular flexibility index (Phi) is 2.94. The molecule has 2 rings (SSSR count). The maximum atomic E-state index is 11.6. The fourth-order valence-corrected chi connectivity index (χ4v) is 1.56. The second-order valence-corrected chi connectivity index (χ2v) is 3.70. The molecule has 1 saturated heterocycles. The number of imide groups is 2. The molecule has 1 fully saturated rings. The van der Waals surface area contributed by atoms with Crippen LogP contribution < -0.4 is 11.3 Å². The van der Waals surface area contributed by atoms with Crippen molar-refractivity contribution in [1.82, 2.24) is 14.8 Å². The van der Waals surface area contributed by atoms with Crippen LogP contribution in [0.5, 0.6) is 0 Å². The van der Waals surface area contributed by atoms with Crippen LogP contribution in [0.3, 0.4) is 0 Å². The van der Waals surface area contributed by atoms with Crippen LogP contribution in [0.2, 0.25) is 0 Å². The summed E-state index contributed by atoms with van der Waals surface area (Å²) in [7, 11) is 1.26. The number of carbonyl (C=O) groups is 3. The van der Waals surface area contributed by atoms with E-state index in [1.165, 1.54) is 7.05 Å². The molecule has 3 N–H and O–H groups in total. The average molecular weight is 249 g/mol. The number of nitrogen functional groups attached to an aromatic ring is 1. The molecule has 0 radical (unpaired) electrons. The second kappa shape index (κ2) is 4.41.